The maximum absolute atomic E-state index is 12.9. The molecule has 0 spiro atoms. The molecule has 0 aliphatic rings. The summed E-state index contributed by atoms with van der Waals surface area (Å²) < 4.78 is 12.9. The molecule has 1 aromatic carbocycles. The fourth-order valence-corrected chi connectivity index (χ4v) is 1.29. The van der Waals surface area contributed by atoms with Crippen LogP contribution in [0.3, 0.4) is 0 Å². The van der Waals surface area contributed by atoms with Crippen LogP contribution in [0.1, 0.15) is 0 Å². The molecule has 0 fully saturated rings. The Balaban J connectivity index is 2.61. The lowest BCUT2D eigenvalue weighted by Crippen LogP contribution is -2.06. The van der Waals surface area contributed by atoms with E-state index in [2.05, 4.69) is 5.32 Å². The van der Waals surface area contributed by atoms with Crippen LogP contribution in [0, 0.1) is 5.82 Å². The third kappa shape index (κ3) is 2.81. The number of nitrogens with two attached hydrogens (primary N) is 1. The molecule has 0 saturated carbocycles. The number of nitrogens with one attached hydrogen (secondary N) is 1. The van der Waals surface area contributed by atoms with Crippen LogP contribution in [-0.2, 0) is 0 Å². The third-order valence-corrected chi connectivity index (χ3v) is 2.29. The van der Waals surface area contributed by atoms with E-state index in [4.69, 9.17) is 5.73 Å². The third-order valence-electron chi connectivity index (χ3n) is 1.67. The maximum Gasteiger partial charge on any atom is 0.148 e. The second-order valence-electron chi connectivity index (χ2n) is 2.62. The van der Waals surface area contributed by atoms with E-state index in [1.54, 1.807) is 23.9 Å². The van der Waals surface area contributed by atoms with Gasteiger partial charge in [-0.2, -0.15) is 11.8 Å². The quantitative estimate of drug-likeness (QED) is 0.578. The van der Waals surface area contributed by atoms with Gasteiger partial charge >= 0.3 is 0 Å². The van der Waals surface area contributed by atoms with Gasteiger partial charge < -0.3 is 11.1 Å². The van der Waals surface area contributed by atoms with Crippen molar-refractivity contribution < 1.29 is 4.39 Å². The molecule has 0 aliphatic carbocycles. The normalized spacial score (nSPS) is 10.0. The van der Waals surface area contributed by atoms with Crippen LogP contribution in [0.5, 0.6) is 0 Å². The Morgan fingerprint density at radius 3 is 3.00 bits per heavy atom. The summed E-state index contributed by atoms with van der Waals surface area (Å²) in [5.41, 5.74) is 6.39. The molecule has 1 aromatic rings. The van der Waals surface area contributed by atoms with Crippen molar-refractivity contribution in [1.29, 1.82) is 0 Å². The summed E-state index contributed by atoms with van der Waals surface area (Å²) in [6.45, 7) is 0.800. The van der Waals surface area contributed by atoms with Crippen LogP contribution < -0.4 is 11.1 Å². The minimum atomic E-state index is -0.367. The summed E-state index contributed by atoms with van der Waals surface area (Å²) >= 11 is 1.73. The molecule has 3 N–H and O–H groups in total. The number of hydrogen-bond donors (Lipinski definition) is 2. The van der Waals surface area contributed by atoms with E-state index < -0.39 is 0 Å². The number of nitrogen functional groups attached to an aromatic ring is 1. The van der Waals surface area contributed by atoms with Crippen LogP contribution in [0.4, 0.5) is 15.8 Å². The predicted molar refractivity (Wildman–Crippen MR) is 57.7 cm³/mol. The van der Waals surface area contributed by atoms with Crippen LogP contribution in [-0.4, -0.2) is 18.6 Å². The molecular weight excluding hydrogens is 187 g/mol. The summed E-state index contributed by atoms with van der Waals surface area (Å²) in [6.07, 6.45) is 2.02. The Kier molecular flexibility index (Phi) is 3.89. The van der Waals surface area contributed by atoms with Gasteiger partial charge in [-0.05, 0) is 18.4 Å². The van der Waals surface area contributed by atoms with Gasteiger partial charge in [-0.3, -0.25) is 0 Å². The molecule has 0 amide bonds. The van der Waals surface area contributed by atoms with Gasteiger partial charge in [0.05, 0.1) is 11.4 Å². The molecule has 0 atom stereocenters. The molecule has 0 aliphatic heterocycles. The van der Waals surface area contributed by atoms with Crippen LogP contribution in [0.15, 0.2) is 18.2 Å². The Bertz CT molecular complexity index is 278. The number of benzene rings is 1. The molecule has 4 heteroatoms. The Morgan fingerprint density at radius 1 is 1.54 bits per heavy atom. The molecule has 72 valence electrons. The highest BCUT2D eigenvalue weighted by atomic mass is 32.2. The van der Waals surface area contributed by atoms with E-state index in [0.29, 0.717) is 5.69 Å². The lowest BCUT2D eigenvalue weighted by atomic mass is 10.2. The zero-order chi connectivity index (χ0) is 9.68. The smallest absolute Gasteiger partial charge is 0.148 e. The first-order valence-corrected chi connectivity index (χ1v) is 5.42. The van der Waals surface area contributed by atoms with Crippen LogP contribution in [0.25, 0.3) is 0 Å². The van der Waals surface area contributed by atoms with Gasteiger partial charge in [0.15, 0.2) is 0 Å². The molecule has 0 heterocycles. The largest absolute Gasteiger partial charge is 0.395 e. The zero-order valence-electron chi connectivity index (χ0n) is 7.51. The number of hydrogen-bond acceptors (Lipinski definition) is 3. The average Bonchev–Trinajstić information content (AvgIpc) is 2.13. The lowest BCUT2D eigenvalue weighted by molar-refractivity contribution is 0.633. The van der Waals surface area contributed by atoms with Crippen molar-refractivity contribution in [1.82, 2.24) is 0 Å². The van der Waals surface area contributed by atoms with Gasteiger partial charge in [0, 0.05) is 12.3 Å². The molecule has 0 bridgehead atoms. The van der Waals surface area contributed by atoms with E-state index in [-0.39, 0.29) is 11.5 Å². The van der Waals surface area contributed by atoms with Crippen molar-refractivity contribution in [2.75, 3.05) is 29.6 Å². The van der Waals surface area contributed by atoms with E-state index >= 15 is 0 Å². The van der Waals surface area contributed by atoms with Crippen LogP contribution >= 0.6 is 11.8 Å². The van der Waals surface area contributed by atoms with Gasteiger partial charge in [-0.15, -0.1) is 0 Å². The highest BCUT2D eigenvalue weighted by Crippen LogP contribution is 2.20. The first kappa shape index (κ1) is 10.2. The first-order chi connectivity index (χ1) is 6.25. The zero-order valence-corrected chi connectivity index (χ0v) is 8.33. The standard InChI is InChI=1S/C9H13FN2S/c1-13-6-5-12-8-4-2-3-7(10)9(8)11/h2-4,12H,5-6,11H2,1H3. The summed E-state index contributed by atoms with van der Waals surface area (Å²) in [4.78, 5) is 0. The Hall–Kier alpha value is -0.900. The van der Waals surface area contributed by atoms with E-state index in [0.717, 1.165) is 12.3 Å². The number of thioether (sulfide) groups is 1. The highest BCUT2D eigenvalue weighted by molar-refractivity contribution is 7.98. The molecule has 13 heavy (non-hydrogen) atoms. The second kappa shape index (κ2) is 4.97. The Labute approximate surface area is 81.7 Å². The first-order valence-electron chi connectivity index (χ1n) is 4.02. The summed E-state index contributed by atoms with van der Waals surface area (Å²) in [5, 5.41) is 3.07. The fourth-order valence-electron chi connectivity index (χ4n) is 0.979. The van der Waals surface area contributed by atoms with E-state index in [1.807, 2.05) is 6.26 Å². The second-order valence-corrected chi connectivity index (χ2v) is 3.61. The van der Waals surface area contributed by atoms with E-state index in [1.165, 1.54) is 6.07 Å². The minimum Gasteiger partial charge on any atom is -0.395 e. The number of anilines is 2. The van der Waals surface area contributed by atoms with Gasteiger partial charge in [-0.25, -0.2) is 4.39 Å². The maximum atomic E-state index is 12.9. The van der Waals surface area contributed by atoms with E-state index in [9.17, 15) is 4.39 Å². The summed E-state index contributed by atoms with van der Waals surface area (Å²) in [6, 6.07) is 4.78. The van der Waals surface area contributed by atoms with Gasteiger partial charge in [0.25, 0.3) is 0 Å². The lowest BCUT2D eigenvalue weighted by Gasteiger charge is -2.08. The SMILES string of the molecule is CSCCNc1cccc(F)c1N. The molecule has 0 saturated heterocycles. The fraction of sp³-hybridized carbons (Fsp3) is 0.333. The van der Waals surface area contributed by atoms with Gasteiger partial charge in [-0.1, -0.05) is 6.07 Å². The molecule has 0 aromatic heterocycles. The predicted octanol–water partition coefficient (Wildman–Crippen LogP) is 2.18. The van der Waals surface area contributed by atoms with Crippen molar-refractivity contribution in [3.63, 3.8) is 0 Å². The van der Waals surface area contributed by atoms with Crippen molar-refractivity contribution in [3.05, 3.63) is 24.0 Å². The van der Waals surface area contributed by atoms with Crippen molar-refractivity contribution >= 4 is 23.1 Å². The van der Waals surface area contributed by atoms with Crippen molar-refractivity contribution in [3.8, 4) is 0 Å². The molecule has 1 rings (SSSR count). The van der Waals surface area contributed by atoms with Gasteiger partial charge in [0.1, 0.15) is 5.82 Å². The van der Waals surface area contributed by atoms with Gasteiger partial charge in [0.2, 0.25) is 0 Å². The average molecular weight is 200 g/mol. The minimum absolute atomic E-state index is 0.198. The number of para-hydroxylation sites is 1. The topological polar surface area (TPSA) is 38.0 Å². The van der Waals surface area contributed by atoms with Crippen molar-refractivity contribution in [2.45, 2.75) is 0 Å². The number of rotatable bonds is 4. The Morgan fingerprint density at radius 2 is 2.31 bits per heavy atom. The van der Waals surface area contributed by atoms with Crippen LogP contribution in [0.2, 0.25) is 0 Å². The molecule has 0 unspecified atom stereocenters. The number of halogens is 1. The monoisotopic (exact) mass is 200 g/mol. The summed E-state index contributed by atoms with van der Waals surface area (Å²) in [5.74, 6) is 0.616. The summed E-state index contributed by atoms with van der Waals surface area (Å²) in [7, 11) is 0. The van der Waals surface area contributed by atoms with Crippen molar-refractivity contribution in [2.24, 2.45) is 0 Å². The highest BCUT2D eigenvalue weighted by Gasteiger charge is 2.02. The molecule has 2 nitrogen and oxygen atoms in total. The molecule has 0 radical (unpaired) electrons. The molecular formula is C9H13FN2S.